The Hall–Kier alpha value is -2.64. The summed E-state index contributed by atoms with van der Waals surface area (Å²) in [6.45, 7) is 5.88. The quantitative estimate of drug-likeness (QED) is 0.0631. The van der Waals surface area contributed by atoms with Crippen LogP contribution in [0.1, 0.15) is 108 Å². The highest BCUT2D eigenvalue weighted by Gasteiger charge is 2.50. The Morgan fingerprint density at radius 1 is 0.950 bits per heavy atom. The van der Waals surface area contributed by atoms with E-state index < -0.39 is 47.8 Å². The third kappa shape index (κ3) is 9.77. The van der Waals surface area contributed by atoms with Gasteiger partial charge in [0, 0.05) is 5.92 Å². The lowest BCUT2D eigenvalue weighted by molar-refractivity contribution is -0.315. The molecule has 224 valence electrons. The molecule has 8 heteroatoms. The summed E-state index contributed by atoms with van der Waals surface area (Å²) in [5.41, 5.74) is -1.27. The zero-order chi connectivity index (χ0) is 29.8. The number of esters is 1. The minimum atomic E-state index is -4.92. The molecule has 0 aliphatic heterocycles. The van der Waals surface area contributed by atoms with E-state index in [4.69, 9.17) is 0 Å². The number of carbonyl (C=O) groups is 2. The number of rotatable bonds is 17. The van der Waals surface area contributed by atoms with E-state index in [1.54, 1.807) is 12.1 Å². The van der Waals surface area contributed by atoms with Gasteiger partial charge >= 0.3 is 12.1 Å². The number of aliphatic carboxylic acids is 1. The minimum Gasteiger partial charge on any atom is -0.548 e. The van der Waals surface area contributed by atoms with Gasteiger partial charge in [0.05, 0.1) is 5.97 Å². The van der Waals surface area contributed by atoms with Crippen molar-refractivity contribution in [3.8, 4) is 0 Å². The molecule has 1 aliphatic carbocycles. The number of hydrogen-bond donors (Lipinski definition) is 0. The Bertz CT molecular complexity index is 997. The van der Waals surface area contributed by atoms with Crippen molar-refractivity contribution in [3.05, 3.63) is 59.4 Å². The number of halogens is 4. The van der Waals surface area contributed by atoms with E-state index in [0.717, 1.165) is 37.0 Å². The maximum absolute atomic E-state index is 15.3. The second-order valence-electron chi connectivity index (χ2n) is 11.2. The maximum atomic E-state index is 15.3. The molecule has 3 atom stereocenters. The van der Waals surface area contributed by atoms with E-state index in [0.29, 0.717) is 12.0 Å². The molecule has 40 heavy (non-hydrogen) atoms. The molecule has 1 aromatic carbocycles. The van der Waals surface area contributed by atoms with Gasteiger partial charge in [0.25, 0.3) is 0 Å². The SMILES string of the molecule is CCCCCCCCCCc1ccc(C2C=CC(C(=O)[O-])(C(=O)OC(CCCC(C)C)C(F)(F)F)C(F)=C2)cc1. The molecule has 1 aromatic rings. The van der Waals surface area contributed by atoms with Gasteiger partial charge in [0.2, 0.25) is 0 Å². The second-order valence-corrected chi connectivity index (χ2v) is 11.2. The Balaban J connectivity index is 2.03. The summed E-state index contributed by atoms with van der Waals surface area (Å²) in [6.07, 6.45) is 6.22. The monoisotopic (exact) mass is 567 g/mol. The third-order valence-corrected chi connectivity index (χ3v) is 7.45. The van der Waals surface area contributed by atoms with E-state index in [9.17, 15) is 27.9 Å². The number of carboxylic acid groups (broad SMARTS) is 1. The Morgan fingerprint density at radius 2 is 1.55 bits per heavy atom. The lowest BCUT2D eigenvalue weighted by Crippen LogP contribution is -2.51. The molecule has 0 fully saturated rings. The number of ether oxygens (including phenoxy) is 1. The molecular weight excluding hydrogens is 524 g/mol. The van der Waals surface area contributed by atoms with Crippen molar-refractivity contribution in [2.45, 2.75) is 116 Å². The van der Waals surface area contributed by atoms with Crippen LogP contribution in [0.25, 0.3) is 0 Å². The summed E-state index contributed by atoms with van der Waals surface area (Å²) in [5, 5.41) is 11.9. The lowest BCUT2D eigenvalue weighted by Gasteiger charge is -2.33. The van der Waals surface area contributed by atoms with Gasteiger partial charge in [-0.3, -0.25) is 4.79 Å². The molecular formula is C32H43F4O4-. The lowest BCUT2D eigenvalue weighted by atomic mass is 9.78. The van der Waals surface area contributed by atoms with E-state index >= 15 is 4.39 Å². The molecule has 2 rings (SSSR count). The summed E-state index contributed by atoms with van der Waals surface area (Å²) >= 11 is 0. The molecule has 3 unspecified atom stereocenters. The number of allylic oxidation sites excluding steroid dienone is 2. The number of benzene rings is 1. The summed E-state index contributed by atoms with van der Waals surface area (Å²) < 4.78 is 60.4. The largest absolute Gasteiger partial charge is 0.548 e. The standard InChI is InChI=1S/C32H44F4O4/c1-4-5-6-7-8-9-10-11-14-24-16-18-25(19-17-24)26-20-21-31(29(37)38,27(33)22-26)30(39)40-28(32(34,35)36)15-12-13-23(2)3/h16-23,26,28H,4-15H2,1-3H3,(H,37,38)/p-1. The fourth-order valence-corrected chi connectivity index (χ4v) is 4.89. The first-order valence-electron chi connectivity index (χ1n) is 14.6. The second kappa shape index (κ2) is 16.0. The van der Waals surface area contributed by atoms with Crippen LogP contribution < -0.4 is 5.11 Å². The molecule has 4 nitrogen and oxygen atoms in total. The topological polar surface area (TPSA) is 66.4 Å². The van der Waals surface area contributed by atoms with Gasteiger partial charge in [-0.05, 0) is 48.8 Å². The van der Waals surface area contributed by atoms with Crippen molar-refractivity contribution in [2.75, 3.05) is 0 Å². The van der Waals surface area contributed by atoms with Gasteiger partial charge in [-0.1, -0.05) is 109 Å². The summed E-state index contributed by atoms with van der Waals surface area (Å²) in [5.74, 6) is -6.00. The van der Waals surface area contributed by atoms with Crippen molar-refractivity contribution in [3.63, 3.8) is 0 Å². The predicted molar refractivity (Wildman–Crippen MR) is 146 cm³/mol. The molecule has 0 spiro atoms. The molecule has 0 heterocycles. The summed E-state index contributed by atoms with van der Waals surface area (Å²) in [7, 11) is 0. The summed E-state index contributed by atoms with van der Waals surface area (Å²) in [6, 6.07) is 7.46. The van der Waals surface area contributed by atoms with Crippen molar-refractivity contribution in [1.82, 2.24) is 0 Å². The third-order valence-electron chi connectivity index (χ3n) is 7.45. The molecule has 0 saturated heterocycles. The van der Waals surface area contributed by atoms with Gasteiger partial charge in [-0.15, -0.1) is 0 Å². The van der Waals surface area contributed by atoms with Crippen LogP contribution in [-0.2, 0) is 20.7 Å². The first kappa shape index (κ1) is 33.6. The van der Waals surface area contributed by atoms with Crippen LogP contribution in [0.3, 0.4) is 0 Å². The fraction of sp³-hybridized carbons (Fsp3) is 0.625. The van der Waals surface area contributed by atoms with E-state index in [1.807, 2.05) is 26.0 Å². The molecule has 0 radical (unpaired) electrons. The molecule has 0 amide bonds. The number of hydrogen-bond acceptors (Lipinski definition) is 4. The molecule has 0 N–H and O–H groups in total. The van der Waals surface area contributed by atoms with Crippen LogP contribution in [-0.4, -0.2) is 24.2 Å². The number of unbranched alkanes of at least 4 members (excludes halogenated alkanes) is 7. The van der Waals surface area contributed by atoms with Crippen LogP contribution in [0.2, 0.25) is 0 Å². The van der Waals surface area contributed by atoms with Gasteiger partial charge in [-0.2, -0.15) is 13.2 Å². The van der Waals surface area contributed by atoms with Gasteiger partial charge in [0.1, 0.15) is 5.83 Å². The predicted octanol–water partition coefficient (Wildman–Crippen LogP) is 7.91. The number of alkyl halides is 3. The summed E-state index contributed by atoms with van der Waals surface area (Å²) in [4.78, 5) is 24.7. The Morgan fingerprint density at radius 3 is 2.08 bits per heavy atom. The Labute approximate surface area is 235 Å². The van der Waals surface area contributed by atoms with Crippen molar-refractivity contribution < 1.29 is 37.0 Å². The van der Waals surface area contributed by atoms with Crippen LogP contribution in [0.5, 0.6) is 0 Å². The number of aryl methyl sites for hydroxylation is 1. The Kier molecular flexibility index (Phi) is 13.4. The van der Waals surface area contributed by atoms with E-state index in [-0.39, 0.29) is 12.3 Å². The average Bonchev–Trinajstić information content (AvgIpc) is 2.89. The normalized spacial score (nSPS) is 19.9. The molecule has 1 aliphatic rings. The first-order valence-corrected chi connectivity index (χ1v) is 14.6. The minimum absolute atomic E-state index is 0.110. The molecule has 0 bridgehead atoms. The number of carboxylic acids is 1. The van der Waals surface area contributed by atoms with Crippen molar-refractivity contribution >= 4 is 11.9 Å². The van der Waals surface area contributed by atoms with Crippen LogP contribution >= 0.6 is 0 Å². The van der Waals surface area contributed by atoms with Crippen LogP contribution in [0, 0.1) is 11.3 Å². The van der Waals surface area contributed by atoms with Crippen LogP contribution in [0.15, 0.2) is 48.3 Å². The highest BCUT2D eigenvalue weighted by atomic mass is 19.4. The zero-order valence-corrected chi connectivity index (χ0v) is 23.9. The smallest absolute Gasteiger partial charge is 0.425 e. The fourth-order valence-electron chi connectivity index (χ4n) is 4.89. The highest BCUT2D eigenvalue weighted by Crippen LogP contribution is 2.41. The zero-order valence-electron chi connectivity index (χ0n) is 23.9. The van der Waals surface area contributed by atoms with E-state index in [2.05, 4.69) is 11.7 Å². The van der Waals surface area contributed by atoms with Gasteiger partial charge in [0.15, 0.2) is 11.5 Å². The van der Waals surface area contributed by atoms with Gasteiger partial charge in [-0.25, -0.2) is 4.39 Å². The number of carbonyl (C=O) groups excluding carboxylic acids is 2. The van der Waals surface area contributed by atoms with Crippen LogP contribution in [0.4, 0.5) is 17.6 Å². The van der Waals surface area contributed by atoms with Crippen molar-refractivity contribution in [2.24, 2.45) is 11.3 Å². The van der Waals surface area contributed by atoms with Crippen molar-refractivity contribution in [1.29, 1.82) is 0 Å². The highest BCUT2D eigenvalue weighted by molar-refractivity contribution is 6.04. The average molecular weight is 568 g/mol. The molecule has 0 aromatic heterocycles. The maximum Gasteiger partial charge on any atom is 0.425 e. The van der Waals surface area contributed by atoms with Gasteiger partial charge < -0.3 is 14.6 Å². The molecule has 0 saturated carbocycles. The van der Waals surface area contributed by atoms with E-state index in [1.165, 1.54) is 44.6 Å². The first-order chi connectivity index (χ1) is 18.9.